The summed E-state index contributed by atoms with van der Waals surface area (Å²) in [6.45, 7) is 2.42. The van der Waals surface area contributed by atoms with Gasteiger partial charge in [0.15, 0.2) is 9.84 Å². The van der Waals surface area contributed by atoms with Crippen molar-refractivity contribution in [2.45, 2.75) is 31.2 Å². The van der Waals surface area contributed by atoms with Crippen molar-refractivity contribution < 1.29 is 8.42 Å². The number of nitrogens with one attached hydrogen (secondary N) is 1. The number of rotatable bonds is 8. The highest BCUT2D eigenvalue weighted by molar-refractivity contribution is 9.10. The Balaban J connectivity index is 2.25. The van der Waals surface area contributed by atoms with Crippen molar-refractivity contribution in [2.75, 3.05) is 30.0 Å². The lowest BCUT2D eigenvalue weighted by molar-refractivity contribution is 0.594. The van der Waals surface area contributed by atoms with Crippen LogP contribution in [-0.4, -0.2) is 37.3 Å². The molecular formula is C17H23BrN4O4S. The molecule has 148 valence electrons. The van der Waals surface area contributed by atoms with Gasteiger partial charge in [0.2, 0.25) is 0 Å². The van der Waals surface area contributed by atoms with Gasteiger partial charge in [-0.3, -0.25) is 14.3 Å². The molecule has 0 aliphatic rings. The molecule has 2 rings (SSSR count). The summed E-state index contributed by atoms with van der Waals surface area (Å²) in [5.74, 6) is -0.154. The van der Waals surface area contributed by atoms with E-state index in [1.165, 1.54) is 21.6 Å². The molecule has 0 atom stereocenters. The molecule has 27 heavy (non-hydrogen) atoms. The molecular weight excluding hydrogens is 436 g/mol. The molecule has 0 bridgehead atoms. The number of unbranched alkanes of at least 4 members (excludes halogenated alkanes) is 1. The fourth-order valence-corrected chi connectivity index (χ4v) is 4.18. The second-order valence-electron chi connectivity index (χ2n) is 6.19. The molecule has 0 unspecified atom stereocenters. The Morgan fingerprint density at radius 3 is 2.44 bits per heavy atom. The van der Waals surface area contributed by atoms with E-state index in [2.05, 4.69) is 20.9 Å². The van der Waals surface area contributed by atoms with Crippen LogP contribution in [0.5, 0.6) is 0 Å². The first-order chi connectivity index (χ1) is 12.7. The summed E-state index contributed by atoms with van der Waals surface area (Å²) in [6, 6.07) is 6.35. The van der Waals surface area contributed by atoms with Gasteiger partial charge in [0, 0.05) is 24.6 Å². The third-order valence-corrected chi connectivity index (χ3v) is 6.44. The van der Waals surface area contributed by atoms with E-state index in [0.29, 0.717) is 6.54 Å². The number of aromatic nitrogens is 2. The van der Waals surface area contributed by atoms with Gasteiger partial charge in [-0.25, -0.2) is 13.2 Å². The maximum Gasteiger partial charge on any atom is 0.330 e. The number of benzene rings is 1. The fourth-order valence-electron chi connectivity index (χ4n) is 2.61. The molecule has 10 heteroatoms. The number of nitrogens with two attached hydrogens (primary N) is 1. The van der Waals surface area contributed by atoms with E-state index in [4.69, 9.17) is 5.73 Å². The van der Waals surface area contributed by atoms with Crippen LogP contribution in [-0.2, 0) is 16.4 Å². The van der Waals surface area contributed by atoms with Crippen LogP contribution in [0, 0.1) is 0 Å². The zero-order chi connectivity index (χ0) is 20.2. The van der Waals surface area contributed by atoms with Crippen LogP contribution in [0.25, 0.3) is 0 Å². The molecule has 2 aromatic rings. The number of hydrogen-bond acceptors (Lipinski definition) is 6. The van der Waals surface area contributed by atoms with Crippen molar-refractivity contribution in [1.82, 2.24) is 9.55 Å². The minimum absolute atomic E-state index is 0.0424. The fraction of sp³-hybridized carbons (Fsp3) is 0.412. The van der Waals surface area contributed by atoms with E-state index in [-0.39, 0.29) is 28.7 Å². The van der Waals surface area contributed by atoms with Gasteiger partial charge in [0.05, 0.1) is 10.6 Å². The Morgan fingerprint density at radius 1 is 1.22 bits per heavy atom. The van der Waals surface area contributed by atoms with Crippen LogP contribution in [0.15, 0.2) is 43.2 Å². The summed E-state index contributed by atoms with van der Waals surface area (Å²) in [7, 11) is -1.95. The predicted molar refractivity (Wildman–Crippen MR) is 110 cm³/mol. The third kappa shape index (κ3) is 5.01. The van der Waals surface area contributed by atoms with Crippen molar-refractivity contribution in [3.8, 4) is 0 Å². The van der Waals surface area contributed by atoms with Gasteiger partial charge in [0.1, 0.15) is 11.5 Å². The summed E-state index contributed by atoms with van der Waals surface area (Å²) >= 11 is 3.27. The van der Waals surface area contributed by atoms with E-state index < -0.39 is 21.1 Å². The van der Waals surface area contributed by atoms with Gasteiger partial charge in [-0.15, -0.1) is 0 Å². The minimum Gasteiger partial charge on any atom is -0.383 e. The SMILES string of the molecule is CCCCn1c(N)c(N(C)CCS(=O)(=O)c2ccc(Br)cc2)c(=O)[nH]c1=O. The van der Waals surface area contributed by atoms with Crippen LogP contribution in [0.2, 0.25) is 0 Å². The number of sulfone groups is 1. The van der Waals surface area contributed by atoms with Crippen LogP contribution >= 0.6 is 15.9 Å². The first kappa shape index (κ1) is 21.2. The zero-order valence-electron chi connectivity index (χ0n) is 15.2. The van der Waals surface area contributed by atoms with Gasteiger partial charge in [-0.05, 0) is 30.7 Å². The maximum absolute atomic E-state index is 12.5. The number of nitrogen functional groups attached to an aromatic ring is 1. The molecule has 0 amide bonds. The van der Waals surface area contributed by atoms with Crippen molar-refractivity contribution in [2.24, 2.45) is 0 Å². The average molecular weight is 459 g/mol. The predicted octanol–water partition coefficient (Wildman–Crippen LogP) is 1.59. The molecule has 0 spiro atoms. The molecule has 0 aliphatic heterocycles. The first-order valence-corrected chi connectivity index (χ1v) is 10.9. The second kappa shape index (κ2) is 8.75. The van der Waals surface area contributed by atoms with Gasteiger partial charge in [0.25, 0.3) is 5.56 Å². The van der Waals surface area contributed by atoms with Gasteiger partial charge in [-0.2, -0.15) is 0 Å². The Morgan fingerprint density at radius 2 is 1.85 bits per heavy atom. The summed E-state index contributed by atoms with van der Waals surface area (Å²) < 4.78 is 27.1. The van der Waals surface area contributed by atoms with Crippen molar-refractivity contribution in [3.05, 3.63) is 49.6 Å². The average Bonchev–Trinajstić information content (AvgIpc) is 2.60. The lowest BCUT2D eigenvalue weighted by atomic mass is 10.3. The number of H-pyrrole nitrogens is 1. The molecule has 0 radical (unpaired) electrons. The van der Waals surface area contributed by atoms with Crippen molar-refractivity contribution in [3.63, 3.8) is 0 Å². The van der Waals surface area contributed by atoms with Crippen LogP contribution in [0.3, 0.4) is 0 Å². The summed E-state index contributed by atoms with van der Waals surface area (Å²) in [6.07, 6.45) is 1.60. The lowest BCUT2D eigenvalue weighted by Gasteiger charge is -2.21. The number of anilines is 2. The van der Waals surface area contributed by atoms with Gasteiger partial charge >= 0.3 is 5.69 Å². The smallest absolute Gasteiger partial charge is 0.330 e. The third-order valence-electron chi connectivity index (χ3n) is 4.20. The molecule has 1 aromatic heterocycles. The Hall–Kier alpha value is -2.07. The van der Waals surface area contributed by atoms with Gasteiger partial charge in [-0.1, -0.05) is 29.3 Å². The van der Waals surface area contributed by atoms with E-state index >= 15 is 0 Å². The number of hydrogen-bond donors (Lipinski definition) is 2. The van der Waals surface area contributed by atoms with Crippen LogP contribution in [0.4, 0.5) is 11.5 Å². The summed E-state index contributed by atoms with van der Waals surface area (Å²) in [5, 5.41) is 0. The standard InChI is InChI=1S/C17H23BrN4O4S/c1-3-4-9-22-15(19)14(16(23)20-17(22)24)21(2)10-11-27(25,26)13-7-5-12(18)6-8-13/h5-8H,3-4,9-11,19H2,1-2H3,(H,20,23,24). The highest BCUT2D eigenvalue weighted by atomic mass is 79.9. The molecule has 3 N–H and O–H groups in total. The Labute approximate surface area is 166 Å². The molecule has 0 saturated carbocycles. The van der Waals surface area contributed by atoms with E-state index in [1.54, 1.807) is 19.2 Å². The largest absolute Gasteiger partial charge is 0.383 e. The highest BCUT2D eigenvalue weighted by Crippen LogP contribution is 2.18. The summed E-state index contributed by atoms with van der Waals surface area (Å²) in [5.41, 5.74) is 4.94. The molecule has 1 heterocycles. The number of aromatic amines is 1. The Kier molecular flexibility index (Phi) is 6.88. The summed E-state index contributed by atoms with van der Waals surface area (Å²) in [4.78, 5) is 28.1. The maximum atomic E-state index is 12.5. The van der Waals surface area contributed by atoms with Crippen molar-refractivity contribution in [1.29, 1.82) is 0 Å². The van der Waals surface area contributed by atoms with E-state index in [0.717, 1.165) is 17.3 Å². The minimum atomic E-state index is -3.52. The van der Waals surface area contributed by atoms with Gasteiger partial charge < -0.3 is 10.6 Å². The molecule has 0 saturated heterocycles. The lowest BCUT2D eigenvalue weighted by Crippen LogP contribution is -2.38. The second-order valence-corrected chi connectivity index (χ2v) is 9.22. The normalized spacial score (nSPS) is 11.5. The topological polar surface area (TPSA) is 118 Å². The van der Waals surface area contributed by atoms with Crippen LogP contribution in [0.1, 0.15) is 19.8 Å². The number of nitrogens with zero attached hydrogens (tertiary/aromatic N) is 2. The van der Waals surface area contributed by atoms with Crippen molar-refractivity contribution >= 4 is 37.3 Å². The highest BCUT2D eigenvalue weighted by Gasteiger charge is 2.20. The Bertz CT molecular complexity index is 1010. The van der Waals surface area contributed by atoms with E-state index in [1.807, 2.05) is 6.92 Å². The van der Waals surface area contributed by atoms with E-state index in [9.17, 15) is 18.0 Å². The molecule has 0 fully saturated rings. The zero-order valence-corrected chi connectivity index (χ0v) is 17.6. The monoisotopic (exact) mass is 458 g/mol. The van der Waals surface area contributed by atoms with Crippen LogP contribution < -0.4 is 21.9 Å². The number of halogens is 1. The quantitative estimate of drug-likeness (QED) is 0.619. The molecule has 1 aromatic carbocycles. The molecule has 8 nitrogen and oxygen atoms in total. The molecule has 0 aliphatic carbocycles. The first-order valence-electron chi connectivity index (χ1n) is 8.49.